The minimum absolute atomic E-state index is 0.0657. The summed E-state index contributed by atoms with van der Waals surface area (Å²) in [6.07, 6.45) is 5.07. The van der Waals surface area contributed by atoms with Crippen molar-refractivity contribution in [3.63, 3.8) is 0 Å². The van der Waals surface area contributed by atoms with Crippen molar-refractivity contribution >= 4 is 17.5 Å². The van der Waals surface area contributed by atoms with Gasteiger partial charge in [0, 0.05) is 19.7 Å². The highest BCUT2D eigenvalue weighted by Crippen LogP contribution is 2.10. The smallest absolute Gasteiger partial charge is 0.271 e. The van der Waals surface area contributed by atoms with Gasteiger partial charge in [-0.15, -0.1) is 0 Å². The van der Waals surface area contributed by atoms with Crippen LogP contribution in [0.4, 0.5) is 5.69 Å². The fourth-order valence-electron chi connectivity index (χ4n) is 1.56. The third-order valence-corrected chi connectivity index (χ3v) is 2.66. The average Bonchev–Trinajstić information content (AvgIpc) is 2.97. The van der Waals surface area contributed by atoms with E-state index >= 15 is 0 Å². The first-order chi connectivity index (χ1) is 9.63. The highest BCUT2D eigenvalue weighted by Gasteiger charge is 2.08. The number of carbonyl (C=O) groups is 2. The lowest BCUT2D eigenvalue weighted by molar-refractivity contribution is -0.115. The van der Waals surface area contributed by atoms with E-state index in [4.69, 9.17) is 0 Å². The molecule has 104 valence electrons. The van der Waals surface area contributed by atoms with Crippen molar-refractivity contribution in [2.45, 2.75) is 13.3 Å². The van der Waals surface area contributed by atoms with E-state index in [-0.39, 0.29) is 11.8 Å². The van der Waals surface area contributed by atoms with Crippen molar-refractivity contribution in [1.29, 1.82) is 0 Å². The van der Waals surface area contributed by atoms with Gasteiger partial charge in [-0.3, -0.25) is 14.2 Å². The second-order valence-electron chi connectivity index (χ2n) is 4.05. The van der Waals surface area contributed by atoms with Crippen LogP contribution in [0.3, 0.4) is 0 Å². The number of carbonyl (C=O) groups excluding carboxylic acids is 2. The molecule has 0 aromatic carbocycles. The Bertz CT molecular complexity index is 618. The second kappa shape index (κ2) is 5.96. The van der Waals surface area contributed by atoms with Gasteiger partial charge in [-0.05, 0) is 12.1 Å². The van der Waals surface area contributed by atoms with Crippen LogP contribution in [0.15, 0.2) is 30.9 Å². The molecule has 2 amide bonds. The van der Waals surface area contributed by atoms with E-state index in [2.05, 4.69) is 20.6 Å². The van der Waals surface area contributed by atoms with Gasteiger partial charge in [-0.2, -0.15) is 0 Å². The topological polar surface area (TPSA) is 88.9 Å². The largest absolute Gasteiger partial charge is 0.354 e. The van der Waals surface area contributed by atoms with Crippen LogP contribution in [-0.2, 0) is 4.79 Å². The normalized spacial score (nSPS) is 10.1. The zero-order valence-corrected chi connectivity index (χ0v) is 11.3. The summed E-state index contributed by atoms with van der Waals surface area (Å²) in [5, 5.41) is 5.21. The zero-order valence-electron chi connectivity index (χ0n) is 11.3. The summed E-state index contributed by atoms with van der Waals surface area (Å²) in [5.74, 6) is 0.293. The first-order valence-electron chi connectivity index (χ1n) is 6.16. The Labute approximate surface area is 116 Å². The Morgan fingerprint density at radius 3 is 2.70 bits per heavy atom. The van der Waals surface area contributed by atoms with Crippen LogP contribution < -0.4 is 10.6 Å². The summed E-state index contributed by atoms with van der Waals surface area (Å²) in [7, 11) is 1.55. The van der Waals surface area contributed by atoms with Crippen LogP contribution in [0, 0.1) is 0 Å². The molecule has 0 radical (unpaired) electrons. The lowest BCUT2D eigenvalue weighted by atomic mass is 10.3. The van der Waals surface area contributed by atoms with Crippen molar-refractivity contribution in [2.75, 3.05) is 12.4 Å². The minimum Gasteiger partial charge on any atom is -0.354 e. The highest BCUT2D eigenvalue weighted by molar-refractivity contribution is 5.92. The summed E-state index contributed by atoms with van der Waals surface area (Å²) < 4.78 is 1.63. The van der Waals surface area contributed by atoms with Crippen molar-refractivity contribution < 1.29 is 9.59 Å². The molecule has 7 heteroatoms. The third-order valence-electron chi connectivity index (χ3n) is 2.66. The lowest BCUT2D eigenvalue weighted by Gasteiger charge is -2.04. The molecule has 2 rings (SSSR count). The summed E-state index contributed by atoms with van der Waals surface area (Å²) >= 11 is 0. The van der Waals surface area contributed by atoms with Crippen molar-refractivity contribution in [3.05, 3.63) is 36.5 Å². The molecule has 0 aliphatic rings. The molecule has 0 spiro atoms. The van der Waals surface area contributed by atoms with Crippen LogP contribution in [0.1, 0.15) is 23.8 Å². The maximum atomic E-state index is 11.4. The lowest BCUT2D eigenvalue weighted by Crippen LogP contribution is -2.18. The molecular formula is C13H15N5O2. The Hall–Kier alpha value is -2.70. The number of rotatable bonds is 4. The molecule has 2 aromatic heterocycles. The predicted octanol–water partition coefficient (Wildman–Crippen LogP) is 0.975. The van der Waals surface area contributed by atoms with Crippen LogP contribution >= 0.6 is 0 Å². The van der Waals surface area contributed by atoms with Gasteiger partial charge in [-0.25, -0.2) is 9.97 Å². The van der Waals surface area contributed by atoms with Crippen molar-refractivity contribution in [1.82, 2.24) is 19.9 Å². The van der Waals surface area contributed by atoms with E-state index in [0.29, 0.717) is 23.6 Å². The fraction of sp³-hybridized carbons (Fsp3) is 0.231. The zero-order chi connectivity index (χ0) is 14.5. The van der Waals surface area contributed by atoms with E-state index in [1.54, 1.807) is 43.1 Å². The molecule has 2 N–H and O–H groups in total. The Kier molecular flexibility index (Phi) is 4.09. The fourth-order valence-corrected chi connectivity index (χ4v) is 1.56. The number of pyridine rings is 1. The number of nitrogens with one attached hydrogen (secondary N) is 2. The molecule has 0 atom stereocenters. The minimum atomic E-state index is -0.254. The number of nitrogens with zero attached hydrogens (tertiary/aromatic N) is 3. The van der Waals surface area contributed by atoms with Gasteiger partial charge in [0.25, 0.3) is 5.91 Å². The van der Waals surface area contributed by atoms with Gasteiger partial charge in [-0.1, -0.05) is 6.92 Å². The predicted molar refractivity (Wildman–Crippen MR) is 73.7 cm³/mol. The molecule has 0 bridgehead atoms. The van der Waals surface area contributed by atoms with Gasteiger partial charge in [0.1, 0.15) is 17.8 Å². The molecular weight excluding hydrogens is 258 g/mol. The first kappa shape index (κ1) is 13.7. The maximum Gasteiger partial charge on any atom is 0.271 e. The molecule has 0 aliphatic carbocycles. The third kappa shape index (κ3) is 3.00. The summed E-state index contributed by atoms with van der Waals surface area (Å²) in [6, 6.07) is 3.48. The second-order valence-corrected chi connectivity index (χ2v) is 4.05. The number of hydrogen-bond acceptors (Lipinski definition) is 4. The van der Waals surface area contributed by atoms with Gasteiger partial charge in [0.2, 0.25) is 5.91 Å². The molecule has 7 nitrogen and oxygen atoms in total. The molecule has 2 heterocycles. The van der Waals surface area contributed by atoms with E-state index < -0.39 is 0 Å². The monoisotopic (exact) mass is 273 g/mol. The molecule has 0 saturated heterocycles. The standard InChI is InChI=1S/C13H15N5O2/c1-3-12(19)17-9-4-5-11(15-6-9)18-7-10(16-8-18)13(20)14-2/h4-8H,3H2,1-2H3,(H,14,20)(H,17,19). The van der Waals surface area contributed by atoms with Crippen LogP contribution in [0.2, 0.25) is 0 Å². The molecule has 20 heavy (non-hydrogen) atoms. The molecule has 0 aliphatic heterocycles. The van der Waals surface area contributed by atoms with Gasteiger partial charge >= 0.3 is 0 Å². The first-order valence-corrected chi connectivity index (χ1v) is 6.16. The van der Waals surface area contributed by atoms with E-state index in [1.165, 1.54) is 6.33 Å². The van der Waals surface area contributed by atoms with Crippen molar-refractivity contribution in [2.24, 2.45) is 0 Å². The van der Waals surface area contributed by atoms with Gasteiger partial charge in [0.15, 0.2) is 0 Å². The van der Waals surface area contributed by atoms with Crippen LogP contribution in [0.5, 0.6) is 0 Å². The van der Waals surface area contributed by atoms with E-state index in [1.807, 2.05) is 0 Å². The average molecular weight is 273 g/mol. The summed E-state index contributed by atoms with van der Waals surface area (Å²) in [6.45, 7) is 1.78. The Balaban J connectivity index is 2.15. The number of hydrogen-bond donors (Lipinski definition) is 2. The number of aromatic nitrogens is 3. The quantitative estimate of drug-likeness (QED) is 0.869. The molecule has 0 unspecified atom stereocenters. The molecule has 2 aromatic rings. The summed E-state index contributed by atoms with van der Waals surface area (Å²) in [4.78, 5) is 30.9. The van der Waals surface area contributed by atoms with Crippen LogP contribution in [0.25, 0.3) is 5.82 Å². The number of imidazole rings is 1. The number of anilines is 1. The molecule has 0 fully saturated rings. The Morgan fingerprint density at radius 2 is 2.10 bits per heavy atom. The van der Waals surface area contributed by atoms with E-state index in [9.17, 15) is 9.59 Å². The SMILES string of the molecule is CCC(=O)Nc1ccc(-n2cnc(C(=O)NC)c2)nc1. The van der Waals surface area contributed by atoms with Gasteiger partial charge < -0.3 is 10.6 Å². The van der Waals surface area contributed by atoms with Gasteiger partial charge in [0.05, 0.1) is 11.9 Å². The number of amides is 2. The van der Waals surface area contributed by atoms with Crippen molar-refractivity contribution in [3.8, 4) is 5.82 Å². The maximum absolute atomic E-state index is 11.4. The Morgan fingerprint density at radius 1 is 1.30 bits per heavy atom. The van der Waals surface area contributed by atoms with Crippen LogP contribution in [-0.4, -0.2) is 33.4 Å². The molecule has 0 saturated carbocycles. The highest BCUT2D eigenvalue weighted by atomic mass is 16.2. The summed E-state index contributed by atoms with van der Waals surface area (Å²) in [5.41, 5.74) is 0.949. The van der Waals surface area contributed by atoms with E-state index in [0.717, 1.165) is 0 Å².